The minimum absolute atomic E-state index is 0.196. The molecule has 0 aliphatic carbocycles. The first-order valence-electron chi connectivity index (χ1n) is 5.93. The average Bonchev–Trinajstić information content (AvgIpc) is 2.51. The summed E-state index contributed by atoms with van der Waals surface area (Å²) in [6, 6.07) is 2.53. The van der Waals surface area contributed by atoms with Gasteiger partial charge in [-0.15, -0.1) is 0 Å². The van der Waals surface area contributed by atoms with Gasteiger partial charge in [-0.2, -0.15) is 0 Å². The molecule has 2 N–H and O–H groups in total. The smallest absolute Gasteiger partial charge is 0.248 e. The fraction of sp³-hybridized carbons (Fsp3) is 0.462. The number of nitrogens with two attached hydrogens (primary N) is 1. The van der Waals surface area contributed by atoms with Crippen LogP contribution in [0.5, 0.6) is 0 Å². The zero-order chi connectivity index (χ0) is 12.6. The van der Waals surface area contributed by atoms with Crippen LogP contribution in [0.1, 0.15) is 36.9 Å². The fourth-order valence-electron chi connectivity index (χ4n) is 2.23. The highest BCUT2D eigenvalue weighted by Crippen LogP contribution is 2.37. The Balaban J connectivity index is 2.44. The topological polar surface area (TPSA) is 46.3 Å². The van der Waals surface area contributed by atoms with Crippen LogP contribution in [0.2, 0.25) is 0 Å². The predicted molar refractivity (Wildman–Crippen MR) is 65.3 cm³/mol. The number of unbranched alkanes of at least 4 members (excludes halogenated alkanes) is 1. The van der Waals surface area contributed by atoms with Gasteiger partial charge in [-0.3, -0.25) is 4.79 Å². The number of carbonyl (C=O) groups is 1. The number of fused-ring (bicyclic) bond motifs is 1. The lowest BCUT2D eigenvalue weighted by atomic mass is 10.1. The molecule has 2 rings (SSSR count). The molecule has 0 saturated heterocycles. The summed E-state index contributed by atoms with van der Waals surface area (Å²) in [4.78, 5) is 13.5. The minimum atomic E-state index is -0.712. The molecular formula is C13H17FN2O. The second kappa shape index (κ2) is 4.45. The van der Waals surface area contributed by atoms with Gasteiger partial charge in [-0.1, -0.05) is 19.4 Å². The van der Waals surface area contributed by atoms with Gasteiger partial charge in [-0.05, 0) is 25.0 Å². The number of benzene rings is 1. The first kappa shape index (κ1) is 12.0. The molecule has 0 fully saturated rings. The van der Waals surface area contributed by atoms with E-state index >= 15 is 0 Å². The molecule has 17 heavy (non-hydrogen) atoms. The van der Waals surface area contributed by atoms with Crippen molar-refractivity contribution in [2.45, 2.75) is 32.7 Å². The number of rotatable bonds is 3. The van der Waals surface area contributed by atoms with E-state index in [-0.39, 0.29) is 11.7 Å². The lowest BCUT2D eigenvalue weighted by Crippen LogP contribution is -2.32. The van der Waals surface area contributed by atoms with Crippen LogP contribution in [0.4, 0.5) is 10.1 Å². The molecule has 1 amide bonds. The van der Waals surface area contributed by atoms with Crippen molar-refractivity contribution in [3.05, 3.63) is 29.1 Å². The first-order chi connectivity index (χ1) is 8.06. The zero-order valence-electron chi connectivity index (χ0n) is 10.2. The summed E-state index contributed by atoms with van der Waals surface area (Å²) in [7, 11) is 0. The Bertz CT molecular complexity index is 459. The van der Waals surface area contributed by atoms with Gasteiger partial charge in [0.1, 0.15) is 11.9 Å². The van der Waals surface area contributed by atoms with Gasteiger partial charge in [0.15, 0.2) is 0 Å². The lowest BCUT2D eigenvalue weighted by molar-refractivity contribution is -0.119. The van der Waals surface area contributed by atoms with Gasteiger partial charge in [0, 0.05) is 12.1 Å². The maximum Gasteiger partial charge on any atom is 0.248 e. The molecule has 1 atom stereocenters. The summed E-state index contributed by atoms with van der Waals surface area (Å²) < 4.78 is 13.9. The average molecular weight is 236 g/mol. The van der Waals surface area contributed by atoms with Gasteiger partial charge in [0.25, 0.3) is 0 Å². The normalized spacial score (nSPS) is 18.7. The molecule has 1 aliphatic heterocycles. The molecule has 0 radical (unpaired) electrons. The maximum absolute atomic E-state index is 13.9. The van der Waals surface area contributed by atoms with E-state index in [0.29, 0.717) is 17.8 Å². The number of carbonyl (C=O) groups excluding carboxylic acids is 1. The van der Waals surface area contributed by atoms with E-state index in [1.807, 2.05) is 6.92 Å². The molecule has 0 bridgehead atoms. The highest BCUT2D eigenvalue weighted by Gasteiger charge is 2.36. The van der Waals surface area contributed by atoms with Crippen LogP contribution >= 0.6 is 0 Å². The minimum Gasteiger partial charge on any atom is -0.316 e. The molecule has 1 heterocycles. The Hall–Kier alpha value is -1.42. The Labute approximate surface area is 100 Å². The number of halogens is 1. The molecule has 1 aliphatic rings. The number of nitrogens with zero attached hydrogens (tertiary/aromatic N) is 1. The Morgan fingerprint density at radius 2 is 2.18 bits per heavy atom. The van der Waals surface area contributed by atoms with Crippen LogP contribution in [0.3, 0.4) is 0 Å². The predicted octanol–water partition coefficient (Wildman–Crippen LogP) is 2.28. The van der Waals surface area contributed by atoms with Crippen molar-refractivity contribution < 1.29 is 9.18 Å². The summed E-state index contributed by atoms with van der Waals surface area (Å²) >= 11 is 0. The van der Waals surface area contributed by atoms with Gasteiger partial charge in [0.2, 0.25) is 5.91 Å². The second-order valence-electron chi connectivity index (χ2n) is 4.51. The maximum atomic E-state index is 13.9. The van der Waals surface area contributed by atoms with Crippen molar-refractivity contribution in [1.82, 2.24) is 0 Å². The summed E-state index contributed by atoms with van der Waals surface area (Å²) in [5.41, 5.74) is 7.62. The quantitative estimate of drug-likeness (QED) is 0.875. The van der Waals surface area contributed by atoms with Crippen molar-refractivity contribution in [2.75, 3.05) is 11.4 Å². The van der Waals surface area contributed by atoms with Crippen LogP contribution in [-0.4, -0.2) is 12.5 Å². The van der Waals surface area contributed by atoms with Crippen molar-refractivity contribution >= 4 is 11.6 Å². The molecule has 4 heteroatoms. The van der Waals surface area contributed by atoms with E-state index in [2.05, 4.69) is 0 Å². The number of amides is 1. The Morgan fingerprint density at radius 1 is 1.47 bits per heavy atom. The zero-order valence-corrected chi connectivity index (χ0v) is 10.2. The van der Waals surface area contributed by atoms with Crippen LogP contribution in [0.15, 0.2) is 12.1 Å². The molecule has 1 aromatic carbocycles. The van der Waals surface area contributed by atoms with Crippen molar-refractivity contribution in [2.24, 2.45) is 5.73 Å². The summed E-state index contributed by atoms with van der Waals surface area (Å²) in [5, 5.41) is 0. The largest absolute Gasteiger partial charge is 0.316 e. The summed E-state index contributed by atoms with van der Waals surface area (Å²) in [6.07, 6.45) is 1.81. The van der Waals surface area contributed by atoms with E-state index in [1.54, 1.807) is 13.0 Å². The third-order valence-corrected chi connectivity index (χ3v) is 3.11. The highest BCUT2D eigenvalue weighted by atomic mass is 19.1. The van der Waals surface area contributed by atoms with Crippen molar-refractivity contribution in [1.29, 1.82) is 0 Å². The summed E-state index contributed by atoms with van der Waals surface area (Å²) in [6.45, 7) is 4.37. The molecule has 0 spiro atoms. The van der Waals surface area contributed by atoms with Crippen LogP contribution in [-0.2, 0) is 4.79 Å². The highest BCUT2D eigenvalue weighted by molar-refractivity contribution is 6.04. The molecule has 3 nitrogen and oxygen atoms in total. The number of aryl methyl sites for hydroxylation is 1. The fourth-order valence-corrected chi connectivity index (χ4v) is 2.23. The number of hydrogen-bond acceptors (Lipinski definition) is 2. The third-order valence-electron chi connectivity index (χ3n) is 3.11. The first-order valence-corrected chi connectivity index (χ1v) is 5.93. The van der Waals surface area contributed by atoms with Crippen LogP contribution in [0.25, 0.3) is 0 Å². The standard InChI is InChI=1S/C13H17FN2O/c1-3-4-5-16-12-9(11(15)13(16)17)6-8(2)7-10(12)14/h6-7,11H,3-5,15H2,1-2H3. The van der Waals surface area contributed by atoms with E-state index < -0.39 is 6.04 Å². The van der Waals surface area contributed by atoms with E-state index in [4.69, 9.17) is 5.73 Å². The van der Waals surface area contributed by atoms with E-state index in [0.717, 1.165) is 18.4 Å². The Kier molecular flexibility index (Phi) is 3.15. The molecular weight excluding hydrogens is 219 g/mol. The number of hydrogen-bond donors (Lipinski definition) is 1. The Morgan fingerprint density at radius 3 is 2.82 bits per heavy atom. The monoisotopic (exact) mass is 236 g/mol. The third kappa shape index (κ3) is 1.93. The van der Waals surface area contributed by atoms with Crippen LogP contribution < -0.4 is 10.6 Å². The van der Waals surface area contributed by atoms with Crippen LogP contribution in [0, 0.1) is 12.7 Å². The van der Waals surface area contributed by atoms with E-state index in [1.165, 1.54) is 11.0 Å². The summed E-state index contributed by atoms with van der Waals surface area (Å²) in [5.74, 6) is -0.546. The molecule has 1 aromatic rings. The van der Waals surface area contributed by atoms with Crippen molar-refractivity contribution in [3.8, 4) is 0 Å². The molecule has 0 aromatic heterocycles. The second-order valence-corrected chi connectivity index (χ2v) is 4.51. The van der Waals surface area contributed by atoms with Gasteiger partial charge in [0.05, 0.1) is 5.69 Å². The molecule has 92 valence electrons. The number of anilines is 1. The molecule has 0 saturated carbocycles. The van der Waals surface area contributed by atoms with Gasteiger partial charge < -0.3 is 10.6 Å². The van der Waals surface area contributed by atoms with Gasteiger partial charge in [-0.25, -0.2) is 4.39 Å². The lowest BCUT2D eigenvalue weighted by Gasteiger charge is -2.17. The SMILES string of the molecule is CCCCN1C(=O)C(N)c2cc(C)cc(F)c21. The van der Waals surface area contributed by atoms with Crippen molar-refractivity contribution in [3.63, 3.8) is 0 Å². The van der Waals surface area contributed by atoms with Gasteiger partial charge >= 0.3 is 0 Å². The molecule has 1 unspecified atom stereocenters. The van der Waals surface area contributed by atoms with E-state index in [9.17, 15) is 9.18 Å².